The standard InChI is InChI=1S/C19H31N5O3/c1-4-22(5-2)10-6-9-20-19(25)16-7-8-17(18(15-16)24(26)27)23-13-11-21(3)12-14-23/h7-8,15H,4-6,9-14H2,1-3H3,(H,20,25). The summed E-state index contributed by atoms with van der Waals surface area (Å²) in [4.78, 5) is 30.0. The molecule has 0 bridgehead atoms. The lowest BCUT2D eigenvalue weighted by Crippen LogP contribution is -2.44. The molecule has 27 heavy (non-hydrogen) atoms. The maximum absolute atomic E-state index is 12.4. The van der Waals surface area contributed by atoms with E-state index in [1.54, 1.807) is 12.1 Å². The summed E-state index contributed by atoms with van der Waals surface area (Å²) in [5, 5.41) is 14.4. The van der Waals surface area contributed by atoms with Gasteiger partial charge in [-0.1, -0.05) is 13.8 Å². The monoisotopic (exact) mass is 377 g/mol. The number of hydrogen-bond acceptors (Lipinski definition) is 6. The average Bonchev–Trinajstić information content (AvgIpc) is 2.68. The van der Waals surface area contributed by atoms with E-state index < -0.39 is 4.92 Å². The van der Waals surface area contributed by atoms with E-state index in [2.05, 4.69) is 29.0 Å². The summed E-state index contributed by atoms with van der Waals surface area (Å²) in [5.74, 6) is -0.262. The van der Waals surface area contributed by atoms with Gasteiger partial charge < -0.3 is 20.0 Å². The van der Waals surface area contributed by atoms with Crippen LogP contribution in [0.4, 0.5) is 11.4 Å². The Labute approximate surface area is 161 Å². The molecule has 0 aliphatic carbocycles. The Bertz CT molecular complexity index is 640. The Morgan fingerprint density at radius 3 is 2.48 bits per heavy atom. The number of piperazine rings is 1. The summed E-state index contributed by atoms with van der Waals surface area (Å²) in [6.07, 6.45) is 0.856. The van der Waals surface area contributed by atoms with E-state index >= 15 is 0 Å². The number of carbonyl (C=O) groups is 1. The quantitative estimate of drug-likeness (QED) is 0.402. The lowest BCUT2D eigenvalue weighted by atomic mass is 10.1. The molecule has 1 aromatic rings. The molecule has 150 valence electrons. The number of likely N-dealkylation sites (N-methyl/N-ethyl adjacent to an activating group) is 1. The number of nitro benzene ring substituents is 1. The Kier molecular flexibility index (Phi) is 7.99. The summed E-state index contributed by atoms with van der Waals surface area (Å²) in [7, 11) is 2.04. The van der Waals surface area contributed by atoms with Crippen molar-refractivity contribution in [2.75, 3.05) is 64.3 Å². The van der Waals surface area contributed by atoms with Crippen LogP contribution in [-0.4, -0.2) is 80.0 Å². The van der Waals surface area contributed by atoms with Crippen molar-refractivity contribution in [3.05, 3.63) is 33.9 Å². The molecule has 0 radical (unpaired) electrons. The molecule has 1 fully saturated rings. The Morgan fingerprint density at radius 1 is 1.22 bits per heavy atom. The minimum Gasteiger partial charge on any atom is -0.363 e. The zero-order chi connectivity index (χ0) is 19.8. The van der Waals surface area contributed by atoms with Crippen LogP contribution in [0.2, 0.25) is 0 Å². The molecule has 8 heteroatoms. The number of nitro groups is 1. The number of carbonyl (C=O) groups excluding carboxylic acids is 1. The fraction of sp³-hybridized carbons (Fsp3) is 0.632. The Morgan fingerprint density at radius 2 is 1.89 bits per heavy atom. The lowest BCUT2D eigenvalue weighted by molar-refractivity contribution is -0.384. The van der Waals surface area contributed by atoms with Gasteiger partial charge >= 0.3 is 0 Å². The highest BCUT2D eigenvalue weighted by molar-refractivity contribution is 5.95. The van der Waals surface area contributed by atoms with Gasteiger partial charge in [0.2, 0.25) is 0 Å². The summed E-state index contributed by atoms with van der Waals surface area (Å²) in [6.45, 7) is 10.9. The normalized spacial score (nSPS) is 15.2. The summed E-state index contributed by atoms with van der Waals surface area (Å²) in [6, 6.07) is 4.78. The molecular weight excluding hydrogens is 346 g/mol. The SMILES string of the molecule is CCN(CC)CCCNC(=O)c1ccc(N2CCN(C)CC2)c([N+](=O)[O-])c1. The van der Waals surface area contributed by atoms with Crippen LogP contribution in [0.25, 0.3) is 0 Å². The van der Waals surface area contributed by atoms with Gasteiger partial charge in [0, 0.05) is 44.4 Å². The van der Waals surface area contributed by atoms with Crippen LogP contribution in [-0.2, 0) is 0 Å². The number of rotatable bonds is 9. The van der Waals surface area contributed by atoms with Crippen molar-refractivity contribution in [1.29, 1.82) is 0 Å². The van der Waals surface area contributed by atoms with Gasteiger partial charge in [-0.15, -0.1) is 0 Å². The van der Waals surface area contributed by atoms with Crippen LogP contribution in [0, 0.1) is 10.1 Å². The minimum absolute atomic E-state index is 0.00431. The third-order valence-corrected chi connectivity index (χ3v) is 5.11. The van der Waals surface area contributed by atoms with E-state index in [0.717, 1.165) is 52.2 Å². The molecule has 0 unspecified atom stereocenters. The molecule has 1 saturated heterocycles. The van der Waals surface area contributed by atoms with Gasteiger partial charge in [0.1, 0.15) is 5.69 Å². The average molecular weight is 377 g/mol. The van der Waals surface area contributed by atoms with Crippen molar-refractivity contribution in [1.82, 2.24) is 15.1 Å². The van der Waals surface area contributed by atoms with Gasteiger partial charge in [-0.25, -0.2) is 0 Å². The first-order valence-electron chi connectivity index (χ1n) is 9.68. The molecule has 1 aromatic carbocycles. The fourth-order valence-corrected chi connectivity index (χ4v) is 3.27. The fourth-order valence-electron chi connectivity index (χ4n) is 3.27. The second-order valence-electron chi connectivity index (χ2n) is 6.89. The molecule has 0 aromatic heterocycles. The minimum atomic E-state index is -0.398. The van der Waals surface area contributed by atoms with Crippen molar-refractivity contribution in [2.45, 2.75) is 20.3 Å². The Hall–Kier alpha value is -2.19. The highest BCUT2D eigenvalue weighted by Crippen LogP contribution is 2.30. The maximum atomic E-state index is 12.4. The highest BCUT2D eigenvalue weighted by atomic mass is 16.6. The molecule has 0 saturated carbocycles. The van der Waals surface area contributed by atoms with Crippen molar-refractivity contribution in [3.8, 4) is 0 Å². The first-order chi connectivity index (χ1) is 13.0. The number of hydrogen-bond donors (Lipinski definition) is 1. The summed E-state index contributed by atoms with van der Waals surface area (Å²) in [5.41, 5.74) is 0.920. The van der Waals surface area contributed by atoms with Crippen LogP contribution in [0.3, 0.4) is 0 Å². The summed E-state index contributed by atoms with van der Waals surface area (Å²) < 4.78 is 0. The van der Waals surface area contributed by atoms with E-state index in [-0.39, 0.29) is 11.6 Å². The first-order valence-corrected chi connectivity index (χ1v) is 9.68. The third kappa shape index (κ3) is 5.90. The Balaban J connectivity index is 2.00. The van der Waals surface area contributed by atoms with Crippen LogP contribution >= 0.6 is 0 Å². The molecule has 1 aliphatic rings. The van der Waals surface area contributed by atoms with Crippen molar-refractivity contribution in [2.24, 2.45) is 0 Å². The van der Waals surface area contributed by atoms with E-state index in [1.165, 1.54) is 6.07 Å². The zero-order valence-corrected chi connectivity index (χ0v) is 16.6. The van der Waals surface area contributed by atoms with E-state index in [9.17, 15) is 14.9 Å². The van der Waals surface area contributed by atoms with Gasteiger partial charge in [-0.2, -0.15) is 0 Å². The number of nitrogens with one attached hydrogen (secondary N) is 1. The lowest BCUT2D eigenvalue weighted by Gasteiger charge is -2.33. The smallest absolute Gasteiger partial charge is 0.293 e. The van der Waals surface area contributed by atoms with Gasteiger partial charge in [0.05, 0.1) is 4.92 Å². The molecule has 1 aliphatic heterocycles. The maximum Gasteiger partial charge on any atom is 0.293 e. The largest absolute Gasteiger partial charge is 0.363 e. The van der Waals surface area contributed by atoms with Gasteiger partial charge in [-0.05, 0) is 45.2 Å². The van der Waals surface area contributed by atoms with Gasteiger partial charge in [0.15, 0.2) is 0 Å². The van der Waals surface area contributed by atoms with Gasteiger partial charge in [0.25, 0.3) is 11.6 Å². The zero-order valence-electron chi connectivity index (χ0n) is 16.6. The molecule has 1 N–H and O–H groups in total. The molecular formula is C19H31N5O3. The number of nitrogens with zero attached hydrogens (tertiary/aromatic N) is 4. The van der Waals surface area contributed by atoms with Crippen LogP contribution < -0.4 is 10.2 Å². The van der Waals surface area contributed by atoms with E-state index in [0.29, 0.717) is 17.8 Å². The second kappa shape index (κ2) is 10.2. The second-order valence-corrected chi connectivity index (χ2v) is 6.89. The van der Waals surface area contributed by atoms with Crippen LogP contribution in [0.5, 0.6) is 0 Å². The molecule has 2 rings (SSSR count). The van der Waals surface area contributed by atoms with Crippen LogP contribution in [0.1, 0.15) is 30.6 Å². The molecule has 1 amide bonds. The topological polar surface area (TPSA) is 82.0 Å². The molecule has 0 atom stereocenters. The van der Waals surface area contributed by atoms with E-state index in [4.69, 9.17) is 0 Å². The van der Waals surface area contributed by atoms with Crippen molar-refractivity contribution in [3.63, 3.8) is 0 Å². The number of benzene rings is 1. The number of amides is 1. The number of anilines is 1. The third-order valence-electron chi connectivity index (χ3n) is 5.11. The predicted molar refractivity (Wildman–Crippen MR) is 108 cm³/mol. The summed E-state index contributed by atoms with van der Waals surface area (Å²) >= 11 is 0. The van der Waals surface area contributed by atoms with Crippen molar-refractivity contribution < 1.29 is 9.72 Å². The van der Waals surface area contributed by atoms with E-state index in [1.807, 2.05) is 11.9 Å². The van der Waals surface area contributed by atoms with Crippen molar-refractivity contribution >= 4 is 17.3 Å². The molecule has 1 heterocycles. The predicted octanol–water partition coefficient (Wildman–Crippen LogP) is 1.81. The highest BCUT2D eigenvalue weighted by Gasteiger charge is 2.24. The molecule has 0 spiro atoms. The van der Waals surface area contributed by atoms with Crippen LogP contribution in [0.15, 0.2) is 18.2 Å². The molecule has 8 nitrogen and oxygen atoms in total. The van der Waals surface area contributed by atoms with Gasteiger partial charge in [-0.3, -0.25) is 14.9 Å². The first kappa shape index (κ1) is 21.1.